The quantitative estimate of drug-likeness (QED) is 0.375. The van der Waals surface area contributed by atoms with E-state index in [2.05, 4.69) is 34.9 Å². The van der Waals surface area contributed by atoms with Gasteiger partial charge in [-0.1, -0.05) is 12.1 Å². The van der Waals surface area contributed by atoms with Gasteiger partial charge in [0.15, 0.2) is 0 Å². The molecule has 3 rings (SSSR count). The summed E-state index contributed by atoms with van der Waals surface area (Å²) in [4.78, 5) is 9.50. The van der Waals surface area contributed by atoms with Gasteiger partial charge in [0.25, 0.3) is 0 Å². The summed E-state index contributed by atoms with van der Waals surface area (Å²) in [7, 11) is 0. The monoisotopic (exact) mass is 324 g/mol. The van der Waals surface area contributed by atoms with Crippen molar-refractivity contribution in [2.24, 2.45) is 11.5 Å². The van der Waals surface area contributed by atoms with E-state index in [1.54, 1.807) is 0 Å². The molecule has 0 bridgehead atoms. The largest absolute Gasteiger partial charge is 0.370 e. The van der Waals surface area contributed by atoms with Gasteiger partial charge in [0.05, 0.1) is 11.0 Å². The molecule has 0 aliphatic rings. The standard InChI is InChI=1S/C18H24N6/c19-9-1-11-21-15-7-5-13-3-4-14-6-8-16(22-12-2-10-20)24-18(14)17(13)23-15/h3-8H,1-2,9-12,19-20H2,(H,21,23)(H,22,24). The maximum absolute atomic E-state index is 5.54. The number of anilines is 2. The van der Waals surface area contributed by atoms with Crippen molar-refractivity contribution in [3.05, 3.63) is 36.4 Å². The number of pyridine rings is 2. The molecule has 2 heterocycles. The fourth-order valence-electron chi connectivity index (χ4n) is 2.60. The molecule has 1 aromatic carbocycles. The molecule has 0 saturated carbocycles. The summed E-state index contributed by atoms with van der Waals surface area (Å²) >= 11 is 0. The van der Waals surface area contributed by atoms with E-state index in [4.69, 9.17) is 21.4 Å². The van der Waals surface area contributed by atoms with Crippen molar-refractivity contribution in [1.82, 2.24) is 9.97 Å². The van der Waals surface area contributed by atoms with Crippen LogP contribution in [0.15, 0.2) is 36.4 Å². The third-order valence-corrected chi connectivity index (χ3v) is 3.89. The number of aromatic nitrogens is 2. The lowest BCUT2D eigenvalue weighted by atomic mass is 10.1. The fraction of sp³-hybridized carbons (Fsp3) is 0.333. The Morgan fingerprint density at radius 3 is 1.50 bits per heavy atom. The molecule has 0 aliphatic heterocycles. The lowest BCUT2D eigenvalue weighted by Crippen LogP contribution is -2.09. The second-order valence-electron chi connectivity index (χ2n) is 5.74. The smallest absolute Gasteiger partial charge is 0.126 e. The Bertz CT molecular complexity index is 748. The van der Waals surface area contributed by atoms with Gasteiger partial charge in [0.1, 0.15) is 11.6 Å². The molecule has 0 atom stereocenters. The lowest BCUT2D eigenvalue weighted by Gasteiger charge is -2.09. The summed E-state index contributed by atoms with van der Waals surface area (Å²) in [5.74, 6) is 1.71. The number of nitrogens with two attached hydrogens (primary N) is 2. The molecule has 24 heavy (non-hydrogen) atoms. The highest BCUT2D eigenvalue weighted by atomic mass is 15.0. The molecule has 2 aromatic heterocycles. The summed E-state index contributed by atoms with van der Waals surface area (Å²) in [6.07, 6.45) is 1.84. The Morgan fingerprint density at radius 1 is 0.667 bits per heavy atom. The second-order valence-corrected chi connectivity index (χ2v) is 5.74. The highest BCUT2D eigenvalue weighted by molar-refractivity contribution is 6.03. The molecule has 6 nitrogen and oxygen atoms in total. The molecule has 6 N–H and O–H groups in total. The number of nitrogens with zero attached hydrogens (tertiary/aromatic N) is 2. The number of fused-ring (bicyclic) bond motifs is 3. The zero-order valence-corrected chi connectivity index (χ0v) is 13.8. The van der Waals surface area contributed by atoms with Crippen LogP contribution in [0.2, 0.25) is 0 Å². The van der Waals surface area contributed by atoms with Crippen LogP contribution in [0.5, 0.6) is 0 Å². The van der Waals surface area contributed by atoms with Crippen LogP contribution in [0.25, 0.3) is 21.8 Å². The minimum absolute atomic E-state index is 0.670. The van der Waals surface area contributed by atoms with Crippen LogP contribution in [0.1, 0.15) is 12.8 Å². The van der Waals surface area contributed by atoms with Crippen molar-refractivity contribution >= 4 is 33.4 Å². The van der Waals surface area contributed by atoms with Crippen LogP contribution in [0.4, 0.5) is 11.6 Å². The molecule has 0 spiro atoms. The van der Waals surface area contributed by atoms with E-state index in [1.807, 2.05) is 12.1 Å². The normalized spacial score (nSPS) is 11.1. The zero-order chi connectivity index (χ0) is 16.8. The van der Waals surface area contributed by atoms with Crippen LogP contribution in [-0.4, -0.2) is 36.1 Å². The molecule has 0 amide bonds. The van der Waals surface area contributed by atoms with Crippen molar-refractivity contribution in [2.45, 2.75) is 12.8 Å². The second kappa shape index (κ2) is 7.90. The number of hydrogen-bond acceptors (Lipinski definition) is 6. The van der Waals surface area contributed by atoms with Gasteiger partial charge in [-0.3, -0.25) is 0 Å². The molecule has 0 aliphatic carbocycles. The average Bonchev–Trinajstić information content (AvgIpc) is 2.62. The van der Waals surface area contributed by atoms with Gasteiger partial charge in [0, 0.05) is 23.9 Å². The molecule has 3 aromatic rings. The molecule has 0 fully saturated rings. The average molecular weight is 324 g/mol. The lowest BCUT2D eigenvalue weighted by molar-refractivity contribution is 0.870. The van der Waals surface area contributed by atoms with E-state index < -0.39 is 0 Å². The molecule has 0 unspecified atom stereocenters. The van der Waals surface area contributed by atoms with Gasteiger partial charge in [-0.15, -0.1) is 0 Å². The van der Waals surface area contributed by atoms with Crippen LogP contribution in [-0.2, 0) is 0 Å². The molecule has 6 heteroatoms. The maximum atomic E-state index is 5.54. The molecular formula is C18H24N6. The Kier molecular flexibility index (Phi) is 5.40. The number of rotatable bonds is 8. The Hall–Kier alpha value is -2.44. The Labute approximate surface area is 141 Å². The third-order valence-electron chi connectivity index (χ3n) is 3.89. The van der Waals surface area contributed by atoms with Gasteiger partial charge in [-0.2, -0.15) is 0 Å². The minimum atomic E-state index is 0.670. The van der Waals surface area contributed by atoms with Crippen LogP contribution in [0.3, 0.4) is 0 Å². The van der Waals surface area contributed by atoms with E-state index in [1.165, 1.54) is 0 Å². The first-order chi connectivity index (χ1) is 11.8. The zero-order valence-electron chi connectivity index (χ0n) is 13.8. The maximum Gasteiger partial charge on any atom is 0.126 e. The van der Waals surface area contributed by atoms with Gasteiger partial charge in [0.2, 0.25) is 0 Å². The van der Waals surface area contributed by atoms with Crippen molar-refractivity contribution in [1.29, 1.82) is 0 Å². The highest BCUT2D eigenvalue weighted by Gasteiger charge is 2.06. The molecule has 0 radical (unpaired) electrons. The van der Waals surface area contributed by atoms with Crippen LogP contribution < -0.4 is 22.1 Å². The van der Waals surface area contributed by atoms with Gasteiger partial charge >= 0.3 is 0 Å². The summed E-state index contributed by atoms with van der Waals surface area (Å²) in [6.45, 7) is 2.98. The van der Waals surface area contributed by atoms with Gasteiger partial charge in [-0.05, 0) is 50.2 Å². The van der Waals surface area contributed by atoms with E-state index in [-0.39, 0.29) is 0 Å². The van der Waals surface area contributed by atoms with E-state index in [9.17, 15) is 0 Å². The van der Waals surface area contributed by atoms with Crippen LogP contribution >= 0.6 is 0 Å². The van der Waals surface area contributed by atoms with Gasteiger partial charge < -0.3 is 22.1 Å². The number of benzene rings is 1. The van der Waals surface area contributed by atoms with E-state index >= 15 is 0 Å². The van der Waals surface area contributed by atoms with Gasteiger partial charge in [-0.25, -0.2) is 9.97 Å². The third kappa shape index (κ3) is 3.72. The summed E-state index contributed by atoms with van der Waals surface area (Å²) in [5.41, 5.74) is 12.9. The first kappa shape index (κ1) is 16.4. The summed E-state index contributed by atoms with van der Waals surface area (Å²) < 4.78 is 0. The SMILES string of the molecule is NCCCNc1ccc2ccc3ccc(NCCCN)nc3c2n1. The number of nitrogens with one attached hydrogen (secondary N) is 2. The first-order valence-corrected chi connectivity index (χ1v) is 8.40. The highest BCUT2D eigenvalue weighted by Crippen LogP contribution is 2.25. The Morgan fingerprint density at radius 2 is 1.08 bits per heavy atom. The van der Waals surface area contributed by atoms with E-state index in [0.717, 1.165) is 59.4 Å². The molecular weight excluding hydrogens is 300 g/mol. The molecule has 0 saturated heterocycles. The summed E-state index contributed by atoms with van der Waals surface area (Å²) in [6, 6.07) is 12.3. The number of hydrogen-bond donors (Lipinski definition) is 4. The first-order valence-electron chi connectivity index (χ1n) is 8.40. The van der Waals surface area contributed by atoms with Crippen molar-refractivity contribution < 1.29 is 0 Å². The Balaban J connectivity index is 1.95. The van der Waals surface area contributed by atoms with E-state index in [0.29, 0.717) is 13.1 Å². The summed E-state index contributed by atoms with van der Waals surface area (Å²) in [5, 5.41) is 8.78. The predicted octanol–water partition coefficient (Wildman–Crippen LogP) is 2.30. The van der Waals surface area contributed by atoms with Crippen molar-refractivity contribution in [3.8, 4) is 0 Å². The topological polar surface area (TPSA) is 102 Å². The molecule has 126 valence electrons. The fourth-order valence-corrected chi connectivity index (χ4v) is 2.60. The minimum Gasteiger partial charge on any atom is -0.370 e. The van der Waals surface area contributed by atoms with Crippen molar-refractivity contribution in [3.63, 3.8) is 0 Å². The van der Waals surface area contributed by atoms with Crippen molar-refractivity contribution in [2.75, 3.05) is 36.8 Å². The predicted molar refractivity (Wildman–Crippen MR) is 101 cm³/mol. The van der Waals surface area contributed by atoms with Crippen LogP contribution in [0, 0.1) is 0 Å².